The molecule has 0 aromatic heterocycles. The lowest BCUT2D eigenvalue weighted by Crippen LogP contribution is -2.44. The molecule has 2 aromatic rings. The minimum absolute atomic E-state index is 0.0635. The molecule has 2 N–H and O–H groups in total. The first-order valence-electron chi connectivity index (χ1n) is 8.03. The smallest absolute Gasteiger partial charge is 0.246 e. The van der Waals surface area contributed by atoms with Crippen LogP contribution in [0, 0.1) is 0 Å². The van der Waals surface area contributed by atoms with Crippen molar-refractivity contribution in [2.24, 2.45) is 5.73 Å². The Balaban J connectivity index is 2.15. The first-order valence-corrected chi connectivity index (χ1v) is 8.03. The van der Waals surface area contributed by atoms with Crippen LogP contribution in [0.2, 0.25) is 0 Å². The topological polar surface area (TPSA) is 69.9 Å². The summed E-state index contributed by atoms with van der Waals surface area (Å²) in [4.78, 5) is 29.7. The van der Waals surface area contributed by atoms with Crippen molar-refractivity contribution in [2.45, 2.75) is 0 Å². The summed E-state index contributed by atoms with van der Waals surface area (Å²) in [5, 5.41) is 0. The van der Waals surface area contributed by atoms with Crippen molar-refractivity contribution < 1.29 is 9.59 Å². The van der Waals surface area contributed by atoms with E-state index in [-0.39, 0.29) is 24.9 Å². The highest BCUT2D eigenvalue weighted by Crippen LogP contribution is 2.20. The standard InChI is InChI=1S/C19H24N4O2/c1-21(2)15-9-11-16(12-10-15)22(3)19(25)14-23(18(24)13-20)17-7-5-4-6-8-17/h4-12H,13-14,20H2,1-3H3. The summed E-state index contributed by atoms with van der Waals surface area (Å²) >= 11 is 0. The Bertz CT molecular complexity index is 714. The molecule has 0 radical (unpaired) electrons. The van der Waals surface area contributed by atoms with E-state index in [9.17, 15) is 9.59 Å². The highest BCUT2D eigenvalue weighted by Gasteiger charge is 2.20. The number of hydrogen-bond donors (Lipinski definition) is 1. The van der Waals surface area contributed by atoms with Crippen LogP contribution < -0.4 is 20.4 Å². The van der Waals surface area contributed by atoms with Crippen LogP contribution in [-0.4, -0.2) is 46.0 Å². The van der Waals surface area contributed by atoms with Gasteiger partial charge in [-0.3, -0.25) is 9.59 Å². The van der Waals surface area contributed by atoms with Crippen LogP contribution in [0.15, 0.2) is 54.6 Å². The second kappa shape index (κ2) is 8.30. The fourth-order valence-electron chi connectivity index (χ4n) is 2.40. The molecule has 0 heterocycles. The lowest BCUT2D eigenvalue weighted by Gasteiger charge is -2.25. The third-order valence-electron chi connectivity index (χ3n) is 3.96. The number of anilines is 3. The molecule has 0 atom stereocenters. The number of para-hydroxylation sites is 1. The van der Waals surface area contributed by atoms with Gasteiger partial charge in [0.1, 0.15) is 6.54 Å². The first kappa shape index (κ1) is 18.5. The van der Waals surface area contributed by atoms with Crippen LogP contribution >= 0.6 is 0 Å². The maximum absolute atomic E-state index is 12.6. The van der Waals surface area contributed by atoms with Crippen molar-refractivity contribution in [2.75, 3.05) is 48.9 Å². The van der Waals surface area contributed by atoms with Crippen LogP contribution in [0.5, 0.6) is 0 Å². The molecule has 0 bridgehead atoms. The number of carbonyl (C=O) groups excluding carboxylic acids is 2. The van der Waals surface area contributed by atoms with Crippen molar-refractivity contribution in [3.63, 3.8) is 0 Å². The third kappa shape index (κ3) is 4.58. The van der Waals surface area contributed by atoms with Gasteiger partial charge in [0.2, 0.25) is 11.8 Å². The molecule has 0 unspecified atom stereocenters. The summed E-state index contributed by atoms with van der Waals surface area (Å²) in [7, 11) is 5.61. The van der Waals surface area contributed by atoms with Crippen LogP contribution in [0.1, 0.15) is 0 Å². The van der Waals surface area contributed by atoms with Crippen molar-refractivity contribution in [1.82, 2.24) is 0 Å². The second-order valence-electron chi connectivity index (χ2n) is 5.88. The summed E-state index contributed by atoms with van der Waals surface area (Å²) in [6.07, 6.45) is 0. The maximum Gasteiger partial charge on any atom is 0.246 e. The van der Waals surface area contributed by atoms with Crippen LogP contribution in [0.3, 0.4) is 0 Å². The van der Waals surface area contributed by atoms with Gasteiger partial charge in [0, 0.05) is 38.2 Å². The van der Waals surface area contributed by atoms with E-state index in [0.717, 1.165) is 11.4 Å². The third-order valence-corrected chi connectivity index (χ3v) is 3.96. The van der Waals surface area contributed by atoms with E-state index < -0.39 is 0 Å². The number of nitrogens with zero attached hydrogens (tertiary/aromatic N) is 3. The Labute approximate surface area is 148 Å². The SMILES string of the molecule is CN(C)c1ccc(N(C)C(=O)CN(C(=O)CN)c2ccccc2)cc1. The molecular formula is C19H24N4O2. The van der Waals surface area contributed by atoms with Crippen LogP contribution in [0.4, 0.5) is 17.1 Å². The van der Waals surface area contributed by atoms with Crippen molar-refractivity contribution in [3.05, 3.63) is 54.6 Å². The zero-order valence-corrected chi connectivity index (χ0v) is 14.8. The molecule has 0 aliphatic heterocycles. The Morgan fingerprint density at radius 1 is 0.800 bits per heavy atom. The number of carbonyl (C=O) groups is 2. The summed E-state index contributed by atoms with van der Waals surface area (Å²) in [5.41, 5.74) is 7.97. The Hall–Kier alpha value is -2.86. The second-order valence-corrected chi connectivity index (χ2v) is 5.88. The molecular weight excluding hydrogens is 316 g/mol. The Morgan fingerprint density at radius 2 is 1.36 bits per heavy atom. The summed E-state index contributed by atoms with van der Waals surface area (Å²) in [6.45, 7) is -0.213. The Kier molecular flexibility index (Phi) is 6.14. The van der Waals surface area contributed by atoms with Gasteiger partial charge in [-0.25, -0.2) is 0 Å². The average Bonchev–Trinajstić information content (AvgIpc) is 2.65. The number of rotatable bonds is 6. The maximum atomic E-state index is 12.6. The molecule has 6 nitrogen and oxygen atoms in total. The number of amides is 2. The zero-order chi connectivity index (χ0) is 18.4. The van der Waals surface area contributed by atoms with Crippen molar-refractivity contribution in [1.29, 1.82) is 0 Å². The number of likely N-dealkylation sites (N-methyl/N-ethyl adjacent to an activating group) is 1. The molecule has 0 fully saturated rings. The molecule has 6 heteroatoms. The van der Waals surface area contributed by atoms with Gasteiger partial charge in [-0.15, -0.1) is 0 Å². The largest absolute Gasteiger partial charge is 0.378 e. The van der Waals surface area contributed by atoms with E-state index in [1.807, 2.05) is 61.5 Å². The lowest BCUT2D eigenvalue weighted by molar-refractivity contribution is -0.121. The number of hydrogen-bond acceptors (Lipinski definition) is 4. The number of benzene rings is 2. The van der Waals surface area contributed by atoms with E-state index in [0.29, 0.717) is 5.69 Å². The summed E-state index contributed by atoms with van der Waals surface area (Å²) in [5.74, 6) is -0.487. The molecule has 2 rings (SSSR count). The molecule has 2 aromatic carbocycles. The minimum Gasteiger partial charge on any atom is -0.378 e. The predicted molar refractivity (Wildman–Crippen MR) is 102 cm³/mol. The van der Waals surface area contributed by atoms with E-state index in [4.69, 9.17) is 5.73 Å². The van der Waals surface area contributed by atoms with Gasteiger partial charge in [0.25, 0.3) is 0 Å². The highest BCUT2D eigenvalue weighted by molar-refractivity contribution is 6.04. The van der Waals surface area contributed by atoms with Crippen molar-refractivity contribution in [3.8, 4) is 0 Å². The van der Waals surface area contributed by atoms with E-state index in [1.165, 1.54) is 4.90 Å². The van der Waals surface area contributed by atoms with Gasteiger partial charge < -0.3 is 20.4 Å². The lowest BCUT2D eigenvalue weighted by atomic mass is 10.2. The summed E-state index contributed by atoms with van der Waals surface area (Å²) in [6, 6.07) is 16.7. The summed E-state index contributed by atoms with van der Waals surface area (Å²) < 4.78 is 0. The molecule has 0 aliphatic rings. The van der Waals surface area contributed by atoms with Crippen LogP contribution in [0.25, 0.3) is 0 Å². The highest BCUT2D eigenvalue weighted by atomic mass is 16.2. The molecule has 0 aliphatic carbocycles. The van der Waals surface area contributed by atoms with Crippen LogP contribution in [-0.2, 0) is 9.59 Å². The molecule has 0 spiro atoms. The minimum atomic E-state index is -0.295. The molecule has 0 saturated carbocycles. The van der Waals surface area contributed by atoms with Gasteiger partial charge in [-0.1, -0.05) is 18.2 Å². The molecule has 25 heavy (non-hydrogen) atoms. The monoisotopic (exact) mass is 340 g/mol. The van der Waals surface area contributed by atoms with E-state index in [1.54, 1.807) is 24.1 Å². The normalized spacial score (nSPS) is 10.2. The Morgan fingerprint density at radius 3 is 1.88 bits per heavy atom. The van der Waals surface area contributed by atoms with E-state index in [2.05, 4.69) is 0 Å². The zero-order valence-electron chi connectivity index (χ0n) is 14.8. The van der Waals surface area contributed by atoms with Gasteiger partial charge in [-0.2, -0.15) is 0 Å². The van der Waals surface area contributed by atoms with E-state index >= 15 is 0 Å². The quantitative estimate of drug-likeness (QED) is 0.869. The fraction of sp³-hybridized carbons (Fsp3) is 0.263. The van der Waals surface area contributed by atoms with Crippen molar-refractivity contribution >= 4 is 28.9 Å². The molecule has 132 valence electrons. The number of nitrogens with two attached hydrogens (primary N) is 1. The molecule has 0 saturated heterocycles. The average molecular weight is 340 g/mol. The predicted octanol–water partition coefficient (Wildman–Crippen LogP) is 1.71. The van der Waals surface area contributed by atoms with Gasteiger partial charge in [0.05, 0.1) is 6.54 Å². The molecule has 2 amide bonds. The fourth-order valence-corrected chi connectivity index (χ4v) is 2.40. The van der Waals surface area contributed by atoms with Gasteiger partial charge >= 0.3 is 0 Å². The van der Waals surface area contributed by atoms with Gasteiger partial charge in [0.15, 0.2) is 0 Å². The van der Waals surface area contributed by atoms with Gasteiger partial charge in [-0.05, 0) is 36.4 Å². The first-order chi connectivity index (χ1) is 11.9.